The van der Waals surface area contributed by atoms with Gasteiger partial charge in [-0.05, 0) is 128 Å². The van der Waals surface area contributed by atoms with Crippen molar-refractivity contribution in [2.45, 2.75) is 101 Å². The summed E-state index contributed by atoms with van der Waals surface area (Å²) in [5.74, 6) is -0.899. The Morgan fingerprint density at radius 1 is 1.11 bits per heavy atom. The minimum absolute atomic E-state index is 0.116. The standard InChI is InChI=1S/C45H55IN4O5/c1-8-28-20-29-23-42(5,37-31(13-17-49(24-28)25-29)32-21-30(46)11-12-35(32)47-37)33-22-34-36(19-26(33)3)48(6)39-44(34)15-18-50-16-10-14-43(9-2,38(44)50)40(55-27(4)51)45(39,53)41(52)54-7/h10-12,14,19-22,29,38-40,47,53H,8-9,13,15-18,23-25H2,1-7H3/t29-,38-,39?,40+,42+,43+,44+,45-/m0/s1. The lowest BCUT2D eigenvalue weighted by molar-refractivity contribution is -0.228. The van der Waals surface area contributed by atoms with E-state index >= 15 is 0 Å². The zero-order valence-corrected chi connectivity index (χ0v) is 35.5. The summed E-state index contributed by atoms with van der Waals surface area (Å²) in [4.78, 5) is 38.6. The maximum Gasteiger partial charge on any atom is 0.344 e. The number of anilines is 1. The van der Waals surface area contributed by atoms with Gasteiger partial charge in [-0.1, -0.05) is 43.7 Å². The Kier molecular flexibility index (Phi) is 8.78. The van der Waals surface area contributed by atoms with Crippen LogP contribution in [0.2, 0.25) is 0 Å². The summed E-state index contributed by atoms with van der Waals surface area (Å²) in [6.45, 7) is 15.1. The van der Waals surface area contributed by atoms with Crippen molar-refractivity contribution in [2.24, 2.45) is 11.3 Å². The van der Waals surface area contributed by atoms with E-state index in [4.69, 9.17) is 9.47 Å². The molecule has 1 aromatic heterocycles. The van der Waals surface area contributed by atoms with Crippen molar-refractivity contribution in [3.63, 3.8) is 0 Å². The minimum Gasteiger partial charge on any atom is -0.467 e. The van der Waals surface area contributed by atoms with Crippen molar-refractivity contribution in [1.82, 2.24) is 14.8 Å². The van der Waals surface area contributed by atoms with Gasteiger partial charge in [0.25, 0.3) is 0 Å². The molecule has 2 unspecified atom stereocenters. The number of aliphatic hydroxyl groups is 1. The summed E-state index contributed by atoms with van der Waals surface area (Å²) in [5.41, 5.74) is 6.09. The van der Waals surface area contributed by atoms with Crippen molar-refractivity contribution >= 4 is 51.1 Å². The zero-order chi connectivity index (χ0) is 38.8. The monoisotopic (exact) mass is 858 g/mol. The van der Waals surface area contributed by atoms with Crippen molar-refractivity contribution < 1.29 is 24.2 Å². The number of nitrogens with one attached hydrogen (secondary N) is 1. The number of likely N-dealkylation sites (N-methyl/N-ethyl adjacent to an activating group) is 1. The van der Waals surface area contributed by atoms with E-state index < -0.39 is 40.5 Å². The number of nitrogens with zero attached hydrogens (tertiary/aromatic N) is 3. The van der Waals surface area contributed by atoms with Gasteiger partial charge in [-0.25, -0.2) is 4.79 Å². The molecule has 10 heteroatoms. The van der Waals surface area contributed by atoms with Crippen LogP contribution in [0, 0.1) is 21.8 Å². The molecule has 0 radical (unpaired) electrons. The first-order valence-corrected chi connectivity index (χ1v) is 21.3. The molecule has 2 bridgehead atoms. The van der Waals surface area contributed by atoms with Gasteiger partial charge in [0.05, 0.1) is 13.2 Å². The van der Waals surface area contributed by atoms with Gasteiger partial charge in [-0.3, -0.25) is 14.6 Å². The summed E-state index contributed by atoms with van der Waals surface area (Å²) in [7, 11) is 3.33. The number of rotatable bonds is 5. The lowest BCUT2D eigenvalue weighted by Crippen LogP contribution is -2.81. The Labute approximate surface area is 338 Å². The van der Waals surface area contributed by atoms with Crippen molar-refractivity contribution in [1.29, 1.82) is 0 Å². The number of carbonyl (C=O) groups excluding carboxylic acids is 2. The molecule has 9 atom stereocenters. The summed E-state index contributed by atoms with van der Waals surface area (Å²) >= 11 is 2.44. The number of halogens is 1. The molecule has 1 aliphatic carbocycles. The second kappa shape index (κ2) is 12.9. The van der Waals surface area contributed by atoms with Crippen LogP contribution < -0.4 is 4.90 Å². The normalized spacial score (nSPS) is 36.2. The minimum atomic E-state index is -2.14. The maximum atomic E-state index is 14.3. The fraction of sp³-hybridized carbons (Fsp3) is 0.556. The van der Waals surface area contributed by atoms with E-state index in [1.807, 2.05) is 7.05 Å². The first-order valence-electron chi connectivity index (χ1n) is 20.3. The second-order valence-electron chi connectivity index (χ2n) is 17.7. The molecular formula is C45H55IN4O5. The summed E-state index contributed by atoms with van der Waals surface area (Å²) < 4.78 is 12.9. The van der Waals surface area contributed by atoms with Crippen LogP contribution in [0.5, 0.6) is 0 Å². The Bertz CT molecular complexity index is 2180. The Hall–Kier alpha value is -3.19. The molecule has 1 saturated carbocycles. The molecule has 0 amide bonds. The third-order valence-electron chi connectivity index (χ3n) is 15.0. The van der Waals surface area contributed by atoms with Crippen LogP contribution in [0.25, 0.3) is 10.9 Å². The Morgan fingerprint density at radius 3 is 2.64 bits per heavy atom. The molecule has 6 aliphatic rings. The molecule has 1 saturated heterocycles. The number of benzene rings is 2. The van der Waals surface area contributed by atoms with Gasteiger partial charge in [-0.15, -0.1) is 0 Å². The molecule has 292 valence electrons. The van der Waals surface area contributed by atoms with Crippen LogP contribution in [-0.2, 0) is 36.3 Å². The average Bonchev–Trinajstić information content (AvgIpc) is 3.82. The van der Waals surface area contributed by atoms with Crippen LogP contribution >= 0.6 is 22.6 Å². The van der Waals surface area contributed by atoms with Crippen LogP contribution in [0.15, 0.2) is 54.1 Å². The van der Waals surface area contributed by atoms with E-state index in [1.54, 1.807) is 0 Å². The average molecular weight is 859 g/mol. The molecule has 1 spiro atoms. The van der Waals surface area contributed by atoms with E-state index in [0.29, 0.717) is 12.3 Å². The summed E-state index contributed by atoms with van der Waals surface area (Å²) in [6, 6.07) is 10.7. The largest absolute Gasteiger partial charge is 0.467 e. The molecule has 5 aliphatic heterocycles. The molecule has 2 fully saturated rings. The summed E-state index contributed by atoms with van der Waals surface area (Å²) in [6.07, 6.45) is 10.0. The number of aromatic amines is 1. The van der Waals surface area contributed by atoms with Gasteiger partial charge in [0, 0.05) is 88.3 Å². The number of H-pyrrole nitrogens is 1. The molecule has 2 aromatic carbocycles. The molecule has 3 aromatic rings. The molecule has 9 nitrogen and oxygen atoms in total. The lowest BCUT2D eigenvalue weighted by Gasteiger charge is -2.63. The smallest absolute Gasteiger partial charge is 0.344 e. The second-order valence-corrected chi connectivity index (χ2v) is 18.9. The fourth-order valence-corrected chi connectivity index (χ4v) is 13.5. The van der Waals surface area contributed by atoms with E-state index in [9.17, 15) is 14.7 Å². The fourth-order valence-electron chi connectivity index (χ4n) is 13.0. The number of fused-ring (bicyclic) bond motifs is 6. The highest BCUT2D eigenvalue weighted by atomic mass is 127. The topological polar surface area (TPSA) is 98.3 Å². The quantitative estimate of drug-likeness (QED) is 0.170. The van der Waals surface area contributed by atoms with E-state index in [1.165, 1.54) is 62.0 Å². The number of esters is 2. The van der Waals surface area contributed by atoms with E-state index in [-0.39, 0.29) is 11.5 Å². The molecule has 2 N–H and O–H groups in total. The number of methoxy groups -OCH3 is 1. The molecule has 55 heavy (non-hydrogen) atoms. The predicted molar refractivity (Wildman–Crippen MR) is 224 cm³/mol. The van der Waals surface area contributed by atoms with Gasteiger partial charge >= 0.3 is 11.9 Å². The van der Waals surface area contributed by atoms with Crippen LogP contribution in [-0.4, -0.2) is 102 Å². The number of carbonyl (C=O) groups is 2. The Balaban J connectivity index is 1.31. The highest BCUT2D eigenvalue weighted by molar-refractivity contribution is 14.1. The van der Waals surface area contributed by atoms with Gasteiger partial charge in [0.1, 0.15) is 0 Å². The van der Waals surface area contributed by atoms with Gasteiger partial charge < -0.3 is 24.5 Å². The molecule has 9 rings (SSSR count). The van der Waals surface area contributed by atoms with Crippen LogP contribution in [0.1, 0.15) is 81.3 Å². The highest BCUT2D eigenvalue weighted by Gasteiger charge is 2.80. The van der Waals surface area contributed by atoms with Gasteiger partial charge in [0.2, 0.25) is 5.60 Å². The first kappa shape index (κ1) is 37.4. The van der Waals surface area contributed by atoms with Gasteiger partial charge in [-0.2, -0.15) is 0 Å². The van der Waals surface area contributed by atoms with Crippen molar-refractivity contribution in [3.05, 3.63) is 85.7 Å². The molecular weight excluding hydrogens is 803 g/mol. The maximum absolute atomic E-state index is 14.3. The number of hydrogen-bond acceptors (Lipinski definition) is 8. The SMILES string of the molecule is CCC1=C[C@@H]2CN(CCc3c([nH]c4ccc(I)cc34)[C@@](C)(c3cc4c(cc3C)N(C)C3[C@]45CCN4CC=C[C@@](CC)([C@@H](OC(C)=O)[C@]3(O)C(=O)OC)[C@H]45)C2)C1. The van der Waals surface area contributed by atoms with Gasteiger partial charge in [0.15, 0.2) is 6.10 Å². The molecule has 6 heterocycles. The third-order valence-corrected chi connectivity index (χ3v) is 15.6. The Morgan fingerprint density at radius 2 is 1.91 bits per heavy atom. The number of aromatic nitrogens is 1. The number of hydrogen-bond donors (Lipinski definition) is 2. The van der Waals surface area contributed by atoms with Crippen LogP contribution in [0.4, 0.5) is 5.69 Å². The van der Waals surface area contributed by atoms with Crippen molar-refractivity contribution in [2.75, 3.05) is 51.8 Å². The highest BCUT2D eigenvalue weighted by Crippen LogP contribution is 2.68. The summed E-state index contributed by atoms with van der Waals surface area (Å²) in [5, 5.41) is 14.6. The first-order chi connectivity index (χ1) is 26.3. The predicted octanol–water partition coefficient (Wildman–Crippen LogP) is 6.55. The van der Waals surface area contributed by atoms with Crippen LogP contribution in [0.3, 0.4) is 0 Å². The lowest BCUT2D eigenvalue weighted by atomic mass is 9.47. The number of aryl methyl sites for hydroxylation is 1. The van der Waals surface area contributed by atoms with E-state index in [2.05, 4.69) is 119 Å². The third kappa shape index (κ3) is 4.99. The number of ether oxygens (including phenoxy) is 2. The zero-order valence-electron chi connectivity index (χ0n) is 33.3. The van der Waals surface area contributed by atoms with E-state index in [0.717, 1.165) is 64.1 Å². The van der Waals surface area contributed by atoms with Crippen molar-refractivity contribution in [3.8, 4) is 0 Å².